The molecule has 0 saturated heterocycles. The number of amides is 1. The minimum atomic E-state index is -0.146. The fraction of sp³-hybridized carbons (Fsp3) is 0.107. The smallest absolute Gasteiger partial charge is 0.230 e. The maximum absolute atomic E-state index is 12.9. The molecule has 1 heterocycles. The number of carbonyl (C=O) groups is 1. The van der Waals surface area contributed by atoms with Gasteiger partial charge in [-0.15, -0.1) is 0 Å². The summed E-state index contributed by atoms with van der Waals surface area (Å²) in [7, 11) is 0. The molecule has 5 rings (SSSR count). The molecule has 0 aliphatic heterocycles. The molecule has 34 heavy (non-hydrogen) atoms. The van der Waals surface area contributed by atoms with Crippen LogP contribution in [0.4, 0.5) is 5.82 Å². The highest BCUT2D eigenvalue weighted by Gasteiger charge is 2.22. The lowest BCUT2D eigenvalue weighted by Gasteiger charge is -2.20. The molecule has 0 spiro atoms. The van der Waals surface area contributed by atoms with E-state index < -0.39 is 0 Å². The summed E-state index contributed by atoms with van der Waals surface area (Å²) in [4.78, 5) is 22.6. The molecule has 1 amide bonds. The van der Waals surface area contributed by atoms with Crippen LogP contribution in [0.3, 0.4) is 0 Å². The van der Waals surface area contributed by atoms with E-state index in [-0.39, 0.29) is 18.1 Å². The summed E-state index contributed by atoms with van der Waals surface area (Å²) in [6.07, 6.45) is 5.54. The van der Waals surface area contributed by atoms with E-state index in [9.17, 15) is 9.90 Å². The third-order valence-electron chi connectivity index (χ3n) is 5.74. The highest BCUT2D eigenvalue weighted by molar-refractivity contribution is 9.10. The molecule has 4 aromatic rings. The van der Waals surface area contributed by atoms with Crippen LogP contribution in [0.2, 0.25) is 0 Å². The molecule has 5 nitrogen and oxygen atoms in total. The van der Waals surface area contributed by atoms with Crippen LogP contribution in [0.5, 0.6) is 5.75 Å². The summed E-state index contributed by atoms with van der Waals surface area (Å²) in [5, 5.41) is 12.9. The van der Waals surface area contributed by atoms with Crippen molar-refractivity contribution >= 4 is 39.8 Å². The molecule has 0 saturated carbocycles. The molecule has 0 unspecified atom stereocenters. The predicted octanol–water partition coefficient (Wildman–Crippen LogP) is 6.06. The van der Waals surface area contributed by atoms with Crippen LogP contribution in [-0.2, 0) is 24.1 Å². The van der Waals surface area contributed by atoms with Gasteiger partial charge in [0.25, 0.3) is 0 Å². The van der Waals surface area contributed by atoms with Gasteiger partial charge in [-0.05, 0) is 65.9 Å². The van der Waals surface area contributed by atoms with Gasteiger partial charge in [-0.1, -0.05) is 64.5 Å². The Morgan fingerprint density at radius 2 is 1.76 bits per heavy atom. The van der Waals surface area contributed by atoms with Gasteiger partial charge in [0.15, 0.2) is 5.82 Å². The topological polar surface area (TPSA) is 75.1 Å². The first kappa shape index (κ1) is 22.0. The van der Waals surface area contributed by atoms with Crippen molar-refractivity contribution in [3.8, 4) is 17.0 Å². The molecule has 0 radical (unpaired) electrons. The Labute approximate surface area is 206 Å². The van der Waals surface area contributed by atoms with Gasteiger partial charge in [0, 0.05) is 10.0 Å². The maximum atomic E-state index is 12.9. The normalized spacial score (nSPS) is 12.3. The van der Waals surface area contributed by atoms with Crippen LogP contribution in [0.25, 0.3) is 23.4 Å². The number of fused-ring (bicyclic) bond motifs is 3. The van der Waals surface area contributed by atoms with E-state index in [1.807, 2.05) is 72.8 Å². The zero-order chi connectivity index (χ0) is 23.5. The third-order valence-corrected chi connectivity index (χ3v) is 6.27. The summed E-state index contributed by atoms with van der Waals surface area (Å²) < 4.78 is 0.971. The van der Waals surface area contributed by atoms with Gasteiger partial charge in [-0.3, -0.25) is 4.79 Å². The molecule has 6 heteroatoms. The van der Waals surface area contributed by atoms with E-state index in [0.29, 0.717) is 17.9 Å². The average Bonchev–Trinajstić information content (AvgIpc) is 2.84. The number of rotatable bonds is 5. The van der Waals surface area contributed by atoms with Crippen LogP contribution in [0.15, 0.2) is 77.3 Å². The van der Waals surface area contributed by atoms with Crippen molar-refractivity contribution in [3.05, 3.63) is 105 Å². The summed E-state index contributed by atoms with van der Waals surface area (Å²) in [5.74, 6) is 0.554. The Kier molecular flexibility index (Phi) is 6.23. The van der Waals surface area contributed by atoms with Crippen LogP contribution < -0.4 is 5.32 Å². The first-order chi connectivity index (χ1) is 16.5. The number of phenolic OH excluding ortho intramolecular Hbond substituents is 1. The lowest BCUT2D eigenvalue weighted by atomic mass is 9.91. The number of carbonyl (C=O) groups excluding carboxylic acids is 1. The second-order valence-electron chi connectivity index (χ2n) is 8.19. The average molecular weight is 512 g/mol. The first-order valence-corrected chi connectivity index (χ1v) is 11.8. The molecule has 3 aromatic carbocycles. The van der Waals surface area contributed by atoms with Gasteiger partial charge in [0.1, 0.15) is 11.4 Å². The van der Waals surface area contributed by atoms with Gasteiger partial charge >= 0.3 is 0 Å². The van der Waals surface area contributed by atoms with Crippen LogP contribution in [0, 0.1) is 0 Å². The molecular formula is C28H22BrN3O2. The fourth-order valence-electron chi connectivity index (χ4n) is 4.06. The van der Waals surface area contributed by atoms with Gasteiger partial charge in [-0.25, -0.2) is 9.97 Å². The Morgan fingerprint density at radius 1 is 0.971 bits per heavy atom. The number of anilines is 1. The second kappa shape index (κ2) is 9.61. The number of aromatic hydroxyl groups is 1. The van der Waals surface area contributed by atoms with E-state index >= 15 is 0 Å². The highest BCUT2D eigenvalue weighted by atomic mass is 79.9. The standard InChI is InChI=1S/C28H22BrN3O2/c29-21-10-6-19(7-11-21)16-26(34)32-28-25(14-8-18-4-2-1-3-5-18)30-27-23-13-12-22(33)17-20(23)9-15-24(27)31-28/h1-8,10-14,17,33H,9,15-16H2,(H,31,32,34). The number of aryl methyl sites for hydroxylation is 2. The molecule has 1 aliphatic carbocycles. The van der Waals surface area contributed by atoms with E-state index in [1.165, 1.54) is 0 Å². The molecule has 0 fully saturated rings. The zero-order valence-corrected chi connectivity index (χ0v) is 19.9. The molecular weight excluding hydrogens is 490 g/mol. The highest BCUT2D eigenvalue weighted by Crippen LogP contribution is 2.35. The van der Waals surface area contributed by atoms with E-state index in [4.69, 9.17) is 9.97 Å². The lowest BCUT2D eigenvalue weighted by molar-refractivity contribution is -0.115. The summed E-state index contributed by atoms with van der Waals surface area (Å²) in [5.41, 5.74) is 6.18. The van der Waals surface area contributed by atoms with E-state index in [2.05, 4.69) is 21.2 Å². The minimum Gasteiger partial charge on any atom is -0.508 e. The number of nitrogens with one attached hydrogen (secondary N) is 1. The van der Waals surface area contributed by atoms with Gasteiger partial charge in [0.2, 0.25) is 5.91 Å². The third kappa shape index (κ3) is 4.92. The van der Waals surface area contributed by atoms with Crippen molar-refractivity contribution in [1.29, 1.82) is 0 Å². The Hall–Kier alpha value is -3.77. The van der Waals surface area contributed by atoms with Crippen LogP contribution in [0.1, 0.15) is 28.1 Å². The zero-order valence-electron chi connectivity index (χ0n) is 18.3. The Bertz CT molecular complexity index is 1380. The van der Waals surface area contributed by atoms with Crippen molar-refractivity contribution < 1.29 is 9.90 Å². The molecule has 0 atom stereocenters. The maximum Gasteiger partial charge on any atom is 0.230 e. The number of halogens is 1. The molecule has 0 bridgehead atoms. The predicted molar refractivity (Wildman–Crippen MR) is 138 cm³/mol. The van der Waals surface area contributed by atoms with Crippen molar-refractivity contribution in [3.63, 3.8) is 0 Å². The van der Waals surface area contributed by atoms with E-state index in [1.54, 1.807) is 12.1 Å². The van der Waals surface area contributed by atoms with Crippen molar-refractivity contribution in [1.82, 2.24) is 9.97 Å². The number of nitrogens with zero attached hydrogens (tertiary/aromatic N) is 2. The molecule has 168 valence electrons. The van der Waals surface area contributed by atoms with Crippen molar-refractivity contribution in [2.75, 3.05) is 5.32 Å². The first-order valence-electron chi connectivity index (χ1n) is 11.1. The molecule has 2 N–H and O–H groups in total. The van der Waals surface area contributed by atoms with Crippen LogP contribution >= 0.6 is 15.9 Å². The Balaban J connectivity index is 1.50. The fourth-order valence-corrected chi connectivity index (χ4v) is 4.32. The summed E-state index contributed by atoms with van der Waals surface area (Å²) in [6.45, 7) is 0. The van der Waals surface area contributed by atoms with Crippen LogP contribution in [-0.4, -0.2) is 21.0 Å². The Morgan fingerprint density at radius 3 is 2.56 bits per heavy atom. The lowest BCUT2D eigenvalue weighted by Crippen LogP contribution is -2.19. The number of hydrogen-bond donors (Lipinski definition) is 2. The quantitative estimate of drug-likeness (QED) is 0.341. The van der Waals surface area contributed by atoms with Gasteiger partial charge in [-0.2, -0.15) is 0 Å². The number of hydrogen-bond acceptors (Lipinski definition) is 4. The number of aromatic nitrogens is 2. The van der Waals surface area contributed by atoms with Crippen molar-refractivity contribution in [2.45, 2.75) is 19.3 Å². The number of phenols is 1. The van der Waals surface area contributed by atoms with Gasteiger partial charge < -0.3 is 10.4 Å². The monoisotopic (exact) mass is 511 g/mol. The molecule has 1 aromatic heterocycles. The summed E-state index contributed by atoms with van der Waals surface area (Å²) >= 11 is 3.42. The van der Waals surface area contributed by atoms with Crippen molar-refractivity contribution in [2.24, 2.45) is 0 Å². The minimum absolute atomic E-state index is 0.146. The molecule has 1 aliphatic rings. The SMILES string of the molecule is O=C(Cc1ccc(Br)cc1)Nc1nc2c(nc1C=Cc1ccccc1)-c1ccc(O)cc1CC2. The second-order valence-corrected chi connectivity index (χ2v) is 9.11. The largest absolute Gasteiger partial charge is 0.508 e. The van der Waals surface area contributed by atoms with E-state index in [0.717, 1.165) is 44.5 Å². The number of benzene rings is 3. The summed E-state index contributed by atoms with van der Waals surface area (Å²) in [6, 6.07) is 23.0. The van der Waals surface area contributed by atoms with Gasteiger partial charge in [0.05, 0.1) is 17.8 Å².